The number of unbranched alkanes of at least 4 members (excludes halogenated alkanes) is 1. The fourth-order valence-corrected chi connectivity index (χ4v) is 1.79. The average molecular weight is 245 g/mol. The molecule has 0 aliphatic carbocycles. The Labute approximate surface area is 100 Å². The van der Waals surface area contributed by atoms with Gasteiger partial charge >= 0.3 is 12.1 Å². The first-order chi connectivity index (χ1) is 8.06. The molecule has 1 aliphatic rings. The number of amides is 1. The van der Waals surface area contributed by atoms with Gasteiger partial charge < -0.3 is 14.9 Å². The van der Waals surface area contributed by atoms with Crippen LogP contribution in [0, 0.1) is 0 Å². The van der Waals surface area contributed by atoms with E-state index in [4.69, 9.17) is 9.84 Å². The number of carbonyl (C=O) groups excluding carboxylic acids is 1. The number of rotatable bonds is 4. The van der Waals surface area contributed by atoms with Crippen molar-refractivity contribution in [3.05, 3.63) is 0 Å². The maximum absolute atomic E-state index is 11.7. The molecule has 0 aromatic carbocycles. The summed E-state index contributed by atoms with van der Waals surface area (Å²) >= 11 is 0. The monoisotopic (exact) mass is 245 g/mol. The van der Waals surface area contributed by atoms with Gasteiger partial charge in [0.2, 0.25) is 0 Å². The molecule has 0 aromatic heterocycles. The number of carbonyl (C=O) groups is 2. The molecule has 0 bridgehead atoms. The average Bonchev–Trinajstić information content (AvgIpc) is 2.29. The lowest BCUT2D eigenvalue weighted by Gasteiger charge is -2.34. The van der Waals surface area contributed by atoms with Gasteiger partial charge in [-0.3, -0.25) is 4.90 Å². The van der Waals surface area contributed by atoms with Crippen LogP contribution in [-0.2, 0) is 9.53 Å². The Morgan fingerprint density at radius 3 is 2.76 bits per heavy atom. The number of hydrogen-bond donors (Lipinski definition) is 2. The van der Waals surface area contributed by atoms with Crippen LogP contribution in [0.4, 0.5) is 4.79 Å². The minimum atomic E-state index is -1.10. The second kappa shape index (κ2) is 6.44. The van der Waals surface area contributed by atoms with Crippen LogP contribution < -0.4 is 0 Å². The van der Waals surface area contributed by atoms with Crippen LogP contribution in [0.15, 0.2) is 0 Å². The highest BCUT2D eigenvalue weighted by Gasteiger charge is 2.36. The van der Waals surface area contributed by atoms with Crippen LogP contribution in [0.1, 0.15) is 32.6 Å². The topological polar surface area (TPSA) is 87.1 Å². The molecule has 1 heterocycles. The van der Waals surface area contributed by atoms with Crippen molar-refractivity contribution in [2.75, 3.05) is 13.2 Å². The van der Waals surface area contributed by atoms with Gasteiger partial charge in [-0.25, -0.2) is 9.59 Å². The summed E-state index contributed by atoms with van der Waals surface area (Å²) in [4.78, 5) is 23.8. The summed E-state index contributed by atoms with van der Waals surface area (Å²) in [5.41, 5.74) is 0. The van der Waals surface area contributed by atoms with Crippen molar-refractivity contribution in [1.29, 1.82) is 0 Å². The van der Waals surface area contributed by atoms with E-state index in [1.807, 2.05) is 6.92 Å². The maximum atomic E-state index is 11.7. The van der Waals surface area contributed by atoms with Gasteiger partial charge in [0.05, 0.1) is 12.7 Å². The number of aliphatic hydroxyl groups excluding tert-OH is 1. The standard InChI is InChI=1S/C11H19NO5/c1-2-3-6-17-11(16)12-5-4-8(13)7-9(12)10(14)15/h8-9,13H,2-7H2,1H3,(H,14,15). The first kappa shape index (κ1) is 13.8. The van der Waals surface area contributed by atoms with Gasteiger partial charge in [0, 0.05) is 13.0 Å². The lowest BCUT2D eigenvalue weighted by molar-refractivity contribution is -0.145. The van der Waals surface area contributed by atoms with Crippen molar-refractivity contribution in [1.82, 2.24) is 4.90 Å². The highest BCUT2D eigenvalue weighted by atomic mass is 16.6. The summed E-state index contributed by atoms with van der Waals surface area (Å²) in [5.74, 6) is -1.10. The Kier molecular flexibility index (Phi) is 5.21. The van der Waals surface area contributed by atoms with E-state index in [1.54, 1.807) is 0 Å². The minimum absolute atomic E-state index is 0.0677. The largest absolute Gasteiger partial charge is 0.480 e. The van der Waals surface area contributed by atoms with E-state index in [0.29, 0.717) is 13.0 Å². The highest BCUT2D eigenvalue weighted by Crippen LogP contribution is 2.18. The van der Waals surface area contributed by atoms with E-state index >= 15 is 0 Å². The number of aliphatic hydroxyl groups is 1. The van der Waals surface area contributed by atoms with E-state index in [-0.39, 0.29) is 13.0 Å². The molecule has 2 unspecified atom stereocenters. The summed E-state index contributed by atoms with van der Waals surface area (Å²) in [5, 5.41) is 18.4. The van der Waals surface area contributed by atoms with Gasteiger partial charge in [0.25, 0.3) is 0 Å². The number of hydrogen-bond acceptors (Lipinski definition) is 4. The summed E-state index contributed by atoms with van der Waals surface area (Å²) in [6.45, 7) is 2.51. The predicted octanol–water partition coefficient (Wildman–Crippen LogP) is 0.833. The Hall–Kier alpha value is -1.30. The van der Waals surface area contributed by atoms with E-state index in [2.05, 4.69) is 0 Å². The molecule has 6 heteroatoms. The lowest BCUT2D eigenvalue weighted by atomic mass is 10.0. The number of nitrogens with zero attached hydrogens (tertiary/aromatic N) is 1. The molecule has 17 heavy (non-hydrogen) atoms. The van der Waals surface area contributed by atoms with Crippen LogP contribution in [0.3, 0.4) is 0 Å². The van der Waals surface area contributed by atoms with Gasteiger partial charge in [-0.2, -0.15) is 0 Å². The highest BCUT2D eigenvalue weighted by molar-refractivity contribution is 5.80. The number of likely N-dealkylation sites (tertiary alicyclic amines) is 1. The number of carboxylic acid groups (broad SMARTS) is 1. The molecule has 1 amide bonds. The Morgan fingerprint density at radius 2 is 2.18 bits per heavy atom. The smallest absolute Gasteiger partial charge is 0.410 e. The van der Waals surface area contributed by atoms with Crippen molar-refractivity contribution in [3.63, 3.8) is 0 Å². The predicted molar refractivity (Wildman–Crippen MR) is 59.6 cm³/mol. The second-order valence-corrected chi connectivity index (χ2v) is 4.19. The van der Waals surface area contributed by atoms with Crippen LogP contribution in [-0.4, -0.2) is 52.5 Å². The van der Waals surface area contributed by atoms with Crippen molar-refractivity contribution in [2.45, 2.75) is 44.8 Å². The van der Waals surface area contributed by atoms with E-state index < -0.39 is 24.2 Å². The number of carboxylic acids is 1. The van der Waals surface area contributed by atoms with Crippen molar-refractivity contribution >= 4 is 12.1 Å². The van der Waals surface area contributed by atoms with E-state index in [0.717, 1.165) is 12.8 Å². The van der Waals surface area contributed by atoms with Crippen LogP contribution in [0.25, 0.3) is 0 Å². The van der Waals surface area contributed by atoms with E-state index in [1.165, 1.54) is 4.90 Å². The van der Waals surface area contributed by atoms with Crippen LogP contribution in [0.2, 0.25) is 0 Å². The van der Waals surface area contributed by atoms with Crippen molar-refractivity contribution in [3.8, 4) is 0 Å². The zero-order chi connectivity index (χ0) is 12.8. The molecule has 1 rings (SSSR count). The lowest BCUT2D eigenvalue weighted by Crippen LogP contribution is -2.51. The molecule has 2 N–H and O–H groups in total. The number of piperidine rings is 1. The normalized spacial score (nSPS) is 24.5. The molecule has 0 radical (unpaired) electrons. The zero-order valence-electron chi connectivity index (χ0n) is 9.96. The Balaban J connectivity index is 2.54. The quantitative estimate of drug-likeness (QED) is 0.716. The van der Waals surface area contributed by atoms with Gasteiger partial charge in [-0.05, 0) is 12.8 Å². The van der Waals surface area contributed by atoms with Crippen molar-refractivity contribution in [2.24, 2.45) is 0 Å². The third kappa shape index (κ3) is 3.89. The third-order valence-electron chi connectivity index (χ3n) is 2.82. The Bertz CT molecular complexity index is 281. The Morgan fingerprint density at radius 1 is 1.47 bits per heavy atom. The molecule has 0 aromatic rings. The summed E-state index contributed by atoms with van der Waals surface area (Å²) in [6.07, 6.45) is 0.882. The molecule has 2 atom stereocenters. The first-order valence-corrected chi connectivity index (χ1v) is 5.90. The van der Waals surface area contributed by atoms with Crippen LogP contribution in [0.5, 0.6) is 0 Å². The molecule has 0 saturated carbocycles. The summed E-state index contributed by atoms with van der Waals surface area (Å²) in [7, 11) is 0. The van der Waals surface area contributed by atoms with E-state index in [9.17, 15) is 14.7 Å². The molecule has 0 spiro atoms. The first-order valence-electron chi connectivity index (χ1n) is 5.90. The molecule has 1 fully saturated rings. The molecular weight excluding hydrogens is 226 g/mol. The molecule has 1 aliphatic heterocycles. The van der Waals surface area contributed by atoms with Gasteiger partial charge in [-0.1, -0.05) is 13.3 Å². The second-order valence-electron chi connectivity index (χ2n) is 4.19. The summed E-state index contributed by atoms with van der Waals surface area (Å²) in [6, 6.07) is -0.979. The number of ether oxygens (including phenoxy) is 1. The fourth-order valence-electron chi connectivity index (χ4n) is 1.79. The molecule has 6 nitrogen and oxygen atoms in total. The summed E-state index contributed by atoms with van der Waals surface area (Å²) < 4.78 is 4.98. The number of aliphatic carboxylic acids is 1. The van der Waals surface area contributed by atoms with Gasteiger partial charge in [-0.15, -0.1) is 0 Å². The minimum Gasteiger partial charge on any atom is -0.480 e. The van der Waals surface area contributed by atoms with Crippen LogP contribution >= 0.6 is 0 Å². The zero-order valence-corrected chi connectivity index (χ0v) is 9.96. The fraction of sp³-hybridized carbons (Fsp3) is 0.818. The van der Waals surface area contributed by atoms with Gasteiger partial charge in [0.1, 0.15) is 6.04 Å². The maximum Gasteiger partial charge on any atom is 0.410 e. The SMILES string of the molecule is CCCCOC(=O)N1CCC(O)CC1C(=O)O. The molecule has 98 valence electrons. The molecule has 1 saturated heterocycles. The third-order valence-corrected chi connectivity index (χ3v) is 2.82. The van der Waals surface area contributed by atoms with Gasteiger partial charge in [0.15, 0.2) is 0 Å². The van der Waals surface area contributed by atoms with Crippen molar-refractivity contribution < 1.29 is 24.5 Å². The molecular formula is C11H19NO5.